The average molecular weight is 285 g/mol. The van der Waals surface area contributed by atoms with Crippen molar-refractivity contribution in [1.29, 1.82) is 0 Å². The fraction of sp³-hybridized carbons (Fsp3) is 0.385. The fourth-order valence-corrected chi connectivity index (χ4v) is 1.75. The molecule has 19 heavy (non-hydrogen) atoms. The number of amides is 2. The summed E-state index contributed by atoms with van der Waals surface area (Å²) in [6.07, 6.45) is 2.03. The third-order valence-corrected chi connectivity index (χ3v) is 2.77. The SMILES string of the molecule is CCCC[C@H](NC(=O)Nc1cccc(Cl)c1)C(=O)O. The van der Waals surface area contributed by atoms with Crippen LogP contribution in [0, 0.1) is 0 Å². The zero-order valence-corrected chi connectivity index (χ0v) is 11.4. The van der Waals surface area contributed by atoms with Crippen LogP contribution < -0.4 is 10.6 Å². The topological polar surface area (TPSA) is 78.4 Å². The highest BCUT2D eigenvalue weighted by molar-refractivity contribution is 6.30. The summed E-state index contributed by atoms with van der Waals surface area (Å²) in [6.45, 7) is 1.96. The van der Waals surface area contributed by atoms with Crippen LogP contribution in [0.3, 0.4) is 0 Å². The molecule has 104 valence electrons. The number of hydrogen-bond acceptors (Lipinski definition) is 2. The van der Waals surface area contributed by atoms with E-state index in [1.54, 1.807) is 24.3 Å². The standard InChI is InChI=1S/C13H17ClN2O3/c1-2-3-7-11(12(17)18)16-13(19)15-10-6-4-5-9(14)8-10/h4-6,8,11H,2-3,7H2,1H3,(H,17,18)(H2,15,16,19)/t11-/m0/s1. The van der Waals surface area contributed by atoms with Gasteiger partial charge in [-0.05, 0) is 24.6 Å². The van der Waals surface area contributed by atoms with E-state index in [9.17, 15) is 9.59 Å². The van der Waals surface area contributed by atoms with Crippen molar-refractivity contribution in [2.75, 3.05) is 5.32 Å². The summed E-state index contributed by atoms with van der Waals surface area (Å²) in [6, 6.07) is 5.22. The predicted molar refractivity (Wildman–Crippen MR) is 74.6 cm³/mol. The molecule has 0 fully saturated rings. The van der Waals surface area contributed by atoms with Gasteiger partial charge >= 0.3 is 12.0 Å². The van der Waals surface area contributed by atoms with Gasteiger partial charge in [-0.1, -0.05) is 37.4 Å². The molecule has 0 radical (unpaired) electrons. The molecule has 0 saturated heterocycles. The van der Waals surface area contributed by atoms with Gasteiger partial charge in [0.15, 0.2) is 0 Å². The lowest BCUT2D eigenvalue weighted by atomic mass is 10.1. The molecule has 3 N–H and O–H groups in total. The number of carboxylic acid groups (broad SMARTS) is 1. The van der Waals surface area contributed by atoms with Crippen LogP contribution in [0.15, 0.2) is 24.3 Å². The largest absolute Gasteiger partial charge is 0.480 e. The molecule has 0 spiro atoms. The van der Waals surface area contributed by atoms with Crippen molar-refractivity contribution in [3.05, 3.63) is 29.3 Å². The molecular weight excluding hydrogens is 268 g/mol. The maximum absolute atomic E-state index is 11.7. The minimum atomic E-state index is -1.03. The number of carbonyl (C=O) groups excluding carboxylic acids is 1. The van der Waals surface area contributed by atoms with Gasteiger partial charge in [-0.25, -0.2) is 9.59 Å². The minimum absolute atomic E-state index is 0.412. The van der Waals surface area contributed by atoms with E-state index in [2.05, 4.69) is 10.6 Å². The van der Waals surface area contributed by atoms with Crippen LogP contribution in [-0.2, 0) is 4.79 Å². The fourth-order valence-electron chi connectivity index (χ4n) is 1.56. The molecule has 5 nitrogen and oxygen atoms in total. The zero-order chi connectivity index (χ0) is 14.3. The molecule has 0 aliphatic carbocycles. The number of urea groups is 1. The van der Waals surface area contributed by atoms with Gasteiger partial charge in [-0.3, -0.25) is 0 Å². The Kier molecular flexibility index (Phi) is 6.15. The molecule has 0 aliphatic rings. The maximum atomic E-state index is 11.7. The van der Waals surface area contributed by atoms with Crippen molar-refractivity contribution in [3.8, 4) is 0 Å². The summed E-state index contributed by atoms with van der Waals surface area (Å²) < 4.78 is 0. The molecule has 0 aliphatic heterocycles. The van der Waals surface area contributed by atoms with Gasteiger partial charge in [0.05, 0.1) is 0 Å². The Labute approximate surface area is 117 Å². The highest BCUT2D eigenvalue weighted by Gasteiger charge is 2.19. The maximum Gasteiger partial charge on any atom is 0.326 e. The molecule has 0 bridgehead atoms. The Bertz CT molecular complexity index is 451. The lowest BCUT2D eigenvalue weighted by Crippen LogP contribution is -2.42. The van der Waals surface area contributed by atoms with E-state index >= 15 is 0 Å². The first-order chi connectivity index (χ1) is 9.02. The van der Waals surface area contributed by atoms with Gasteiger partial charge < -0.3 is 15.7 Å². The molecule has 2 amide bonds. The minimum Gasteiger partial charge on any atom is -0.480 e. The molecule has 1 rings (SSSR count). The lowest BCUT2D eigenvalue weighted by Gasteiger charge is -2.14. The Morgan fingerprint density at radius 3 is 2.74 bits per heavy atom. The number of unbranched alkanes of at least 4 members (excludes halogenated alkanes) is 1. The van der Waals surface area contributed by atoms with Crippen LogP contribution in [0.4, 0.5) is 10.5 Å². The van der Waals surface area contributed by atoms with Crippen molar-refractivity contribution >= 4 is 29.3 Å². The summed E-state index contributed by atoms with van der Waals surface area (Å²) in [5, 5.41) is 14.5. The number of benzene rings is 1. The quantitative estimate of drug-likeness (QED) is 0.751. The van der Waals surface area contributed by atoms with E-state index in [1.165, 1.54) is 0 Å². The molecule has 1 aromatic carbocycles. The summed E-state index contributed by atoms with van der Waals surface area (Å²) >= 11 is 5.79. The highest BCUT2D eigenvalue weighted by Crippen LogP contribution is 2.14. The third-order valence-electron chi connectivity index (χ3n) is 2.53. The Hall–Kier alpha value is -1.75. The van der Waals surface area contributed by atoms with Crippen LogP contribution in [0.2, 0.25) is 5.02 Å². The van der Waals surface area contributed by atoms with Crippen molar-refractivity contribution < 1.29 is 14.7 Å². The number of carbonyl (C=O) groups is 2. The number of halogens is 1. The van der Waals surface area contributed by atoms with E-state index in [0.29, 0.717) is 17.1 Å². The van der Waals surface area contributed by atoms with Crippen LogP contribution in [0.5, 0.6) is 0 Å². The second kappa shape index (κ2) is 7.63. The van der Waals surface area contributed by atoms with E-state index in [-0.39, 0.29) is 0 Å². The van der Waals surface area contributed by atoms with Crippen LogP contribution in [-0.4, -0.2) is 23.1 Å². The Morgan fingerprint density at radius 1 is 1.42 bits per heavy atom. The van der Waals surface area contributed by atoms with Crippen molar-refractivity contribution in [2.24, 2.45) is 0 Å². The van der Waals surface area contributed by atoms with Crippen LogP contribution in [0.1, 0.15) is 26.2 Å². The van der Waals surface area contributed by atoms with Gasteiger partial charge in [0.1, 0.15) is 6.04 Å². The number of anilines is 1. The molecule has 0 heterocycles. The number of aliphatic carboxylic acids is 1. The van der Waals surface area contributed by atoms with Gasteiger partial charge in [-0.2, -0.15) is 0 Å². The smallest absolute Gasteiger partial charge is 0.326 e. The number of carboxylic acids is 1. The normalized spacial score (nSPS) is 11.7. The van der Waals surface area contributed by atoms with E-state index < -0.39 is 18.0 Å². The first kappa shape index (κ1) is 15.3. The molecular formula is C13H17ClN2O3. The number of hydrogen-bond donors (Lipinski definition) is 3. The van der Waals surface area contributed by atoms with Gasteiger partial charge in [0, 0.05) is 10.7 Å². The summed E-state index contributed by atoms with van der Waals surface area (Å²) in [5.74, 6) is -1.03. The highest BCUT2D eigenvalue weighted by atomic mass is 35.5. The van der Waals surface area contributed by atoms with Crippen molar-refractivity contribution in [2.45, 2.75) is 32.2 Å². The first-order valence-corrected chi connectivity index (χ1v) is 6.46. The molecule has 6 heteroatoms. The molecule has 0 aromatic heterocycles. The Balaban J connectivity index is 2.55. The third kappa shape index (κ3) is 5.61. The monoisotopic (exact) mass is 284 g/mol. The average Bonchev–Trinajstić information content (AvgIpc) is 2.34. The first-order valence-electron chi connectivity index (χ1n) is 6.08. The molecule has 1 aromatic rings. The van der Waals surface area contributed by atoms with Gasteiger partial charge in [-0.15, -0.1) is 0 Å². The lowest BCUT2D eigenvalue weighted by molar-refractivity contribution is -0.139. The predicted octanol–water partition coefficient (Wildman–Crippen LogP) is 3.10. The number of rotatable bonds is 6. The van der Waals surface area contributed by atoms with Crippen molar-refractivity contribution in [3.63, 3.8) is 0 Å². The van der Waals surface area contributed by atoms with Crippen molar-refractivity contribution in [1.82, 2.24) is 5.32 Å². The molecule has 1 atom stereocenters. The summed E-state index contributed by atoms with van der Waals surface area (Å²) in [5.41, 5.74) is 0.518. The van der Waals surface area contributed by atoms with Crippen LogP contribution in [0.25, 0.3) is 0 Å². The number of nitrogens with one attached hydrogen (secondary N) is 2. The zero-order valence-electron chi connectivity index (χ0n) is 10.6. The molecule has 0 unspecified atom stereocenters. The Morgan fingerprint density at radius 2 is 2.16 bits per heavy atom. The van der Waals surface area contributed by atoms with E-state index in [0.717, 1.165) is 12.8 Å². The van der Waals surface area contributed by atoms with E-state index in [4.69, 9.17) is 16.7 Å². The summed E-state index contributed by atoms with van der Waals surface area (Å²) in [7, 11) is 0. The second-order valence-electron chi connectivity index (χ2n) is 4.14. The van der Waals surface area contributed by atoms with Gasteiger partial charge in [0.25, 0.3) is 0 Å². The van der Waals surface area contributed by atoms with Gasteiger partial charge in [0.2, 0.25) is 0 Å². The molecule has 0 saturated carbocycles. The van der Waals surface area contributed by atoms with E-state index in [1.807, 2.05) is 6.92 Å². The second-order valence-corrected chi connectivity index (χ2v) is 4.58. The summed E-state index contributed by atoms with van der Waals surface area (Å²) in [4.78, 5) is 22.7. The van der Waals surface area contributed by atoms with Crippen LogP contribution >= 0.6 is 11.6 Å².